The lowest BCUT2D eigenvalue weighted by molar-refractivity contribution is -0.342. The molecule has 0 aliphatic rings. The number of hydrogen-bond acceptors (Lipinski definition) is 6. The molecule has 0 radical (unpaired) electrons. The smallest absolute Gasteiger partial charge is 0.101 e. The minimum atomic E-state index is -5.05. The van der Waals surface area contributed by atoms with Crippen LogP contribution in [0.25, 0.3) is 0 Å². The monoisotopic (exact) mass is 442 g/mol. The minimum absolute atomic E-state index is 0.0932. The fourth-order valence-electron chi connectivity index (χ4n) is 2.62. The summed E-state index contributed by atoms with van der Waals surface area (Å²) in [6, 6.07) is 0. The number of ether oxygens (including phenoxy) is 1. The van der Waals surface area contributed by atoms with Crippen molar-refractivity contribution in [2.45, 2.75) is 79.2 Å². The van der Waals surface area contributed by atoms with Crippen LogP contribution in [0.1, 0.15) is 73.1 Å². The van der Waals surface area contributed by atoms with Gasteiger partial charge in [0.25, 0.3) is 0 Å². The summed E-state index contributed by atoms with van der Waals surface area (Å²) in [6.07, 6.45) is 14.0. The molecule has 0 aromatic carbocycles. The first kappa shape index (κ1) is 29.0. The first-order valence-electron chi connectivity index (χ1n) is 10.5. The maximum atomic E-state index is 10.3. The van der Waals surface area contributed by atoms with E-state index in [1.807, 2.05) is 13.0 Å². The van der Waals surface area contributed by atoms with Gasteiger partial charge in [-0.1, -0.05) is 46.6 Å². The van der Waals surface area contributed by atoms with Crippen molar-refractivity contribution < 1.29 is 28.7 Å². The van der Waals surface area contributed by atoms with Crippen LogP contribution in [-0.4, -0.2) is 31.0 Å². The highest BCUT2D eigenvalue weighted by Crippen LogP contribution is 2.24. The van der Waals surface area contributed by atoms with Crippen molar-refractivity contribution >= 4 is 7.82 Å². The SMILES string of the molecule is CC(C)=CCC/C(C)=C/CC/C(C)=C/CC/C(C)=C/COC[C@H](O)COP(=O)([O-])[O-]. The summed E-state index contributed by atoms with van der Waals surface area (Å²) < 4.78 is 19.6. The van der Waals surface area contributed by atoms with Gasteiger partial charge in [-0.15, -0.1) is 0 Å². The summed E-state index contributed by atoms with van der Waals surface area (Å²) in [4.78, 5) is 20.7. The summed E-state index contributed by atoms with van der Waals surface area (Å²) >= 11 is 0. The predicted molar refractivity (Wildman–Crippen MR) is 119 cm³/mol. The van der Waals surface area contributed by atoms with Gasteiger partial charge in [0.05, 0.1) is 27.6 Å². The molecule has 0 rings (SSSR count). The van der Waals surface area contributed by atoms with Crippen molar-refractivity contribution in [2.75, 3.05) is 19.8 Å². The number of phosphoric acid groups is 1. The third-order valence-corrected chi connectivity index (χ3v) is 4.90. The van der Waals surface area contributed by atoms with Gasteiger partial charge in [0.15, 0.2) is 0 Å². The van der Waals surface area contributed by atoms with Crippen LogP contribution in [0.15, 0.2) is 46.6 Å². The second kappa shape index (κ2) is 16.7. The largest absolute Gasteiger partial charge is 0.790 e. The quantitative estimate of drug-likeness (QED) is 0.217. The fourth-order valence-corrected chi connectivity index (χ4v) is 2.97. The van der Waals surface area contributed by atoms with Crippen LogP contribution in [0.3, 0.4) is 0 Å². The Balaban J connectivity index is 3.98. The Morgan fingerprint density at radius 3 is 1.77 bits per heavy atom. The Morgan fingerprint density at radius 2 is 1.30 bits per heavy atom. The molecule has 0 unspecified atom stereocenters. The average Bonchev–Trinajstić information content (AvgIpc) is 2.62. The first-order valence-corrected chi connectivity index (χ1v) is 12.0. The molecule has 0 aromatic rings. The van der Waals surface area contributed by atoms with Crippen LogP contribution in [0.2, 0.25) is 0 Å². The van der Waals surface area contributed by atoms with E-state index in [1.54, 1.807) is 0 Å². The van der Waals surface area contributed by atoms with Crippen molar-refractivity contribution in [3.05, 3.63) is 46.6 Å². The van der Waals surface area contributed by atoms with Gasteiger partial charge in [0.1, 0.15) is 6.10 Å². The topological polar surface area (TPSA) is 102 Å². The summed E-state index contributed by atoms with van der Waals surface area (Å²) in [5.74, 6) is 0. The molecule has 0 bridgehead atoms. The van der Waals surface area contributed by atoms with Crippen molar-refractivity contribution in [3.8, 4) is 0 Å². The van der Waals surface area contributed by atoms with Crippen LogP contribution in [0, 0.1) is 0 Å². The zero-order valence-corrected chi connectivity index (χ0v) is 20.1. The number of aliphatic hydroxyl groups excluding tert-OH is 1. The fraction of sp³-hybridized carbons (Fsp3) is 0.652. The number of hydrogen-bond donors (Lipinski definition) is 1. The molecule has 0 aliphatic carbocycles. The normalized spacial score (nSPS) is 14.7. The van der Waals surface area contributed by atoms with E-state index in [2.05, 4.69) is 50.4 Å². The number of phosphoric ester groups is 1. The molecule has 0 fully saturated rings. The van der Waals surface area contributed by atoms with Gasteiger partial charge < -0.3 is 28.7 Å². The highest BCUT2D eigenvalue weighted by atomic mass is 31.2. The van der Waals surface area contributed by atoms with Gasteiger partial charge in [-0.05, 0) is 73.1 Å². The van der Waals surface area contributed by atoms with Gasteiger partial charge >= 0.3 is 0 Å². The second-order valence-corrected chi connectivity index (χ2v) is 9.14. The molecule has 174 valence electrons. The summed E-state index contributed by atoms with van der Waals surface area (Å²) in [5, 5.41) is 9.47. The lowest BCUT2D eigenvalue weighted by Crippen LogP contribution is -2.25. The molecule has 0 aliphatic heterocycles. The Morgan fingerprint density at radius 1 is 0.833 bits per heavy atom. The van der Waals surface area contributed by atoms with Crippen LogP contribution in [0.4, 0.5) is 0 Å². The number of aliphatic hydroxyl groups is 1. The van der Waals surface area contributed by atoms with Crippen LogP contribution >= 0.6 is 7.82 Å². The van der Waals surface area contributed by atoms with Crippen molar-refractivity contribution in [3.63, 3.8) is 0 Å². The summed E-state index contributed by atoms with van der Waals surface area (Å²) in [7, 11) is -5.05. The van der Waals surface area contributed by atoms with E-state index in [4.69, 9.17) is 4.74 Å². The summed E-state index contributed by atoms with van der Waals surface area (Å²) in [6.45, 7) is 10.3. The van der Waals surface area contributed by atoms with E-state index in [1.165, 1.54) is 22.3 Å². The van der Waals surface area contributed by atoms with E-state index in [9.17, 15) is 19.5 Å². The molecule has 6 nitrogen and oxygen atoms in total. The molecule has 30 heavy (non-hydrogen) atoms. The predicted octanol–water partition coefficient (Wildman–Crippen LogP) is 4.35. The molecule has 0 saturated carbocycles. The zero-order valence-electron chi connectivity index (χ0n) is 19.2. The van der Waals surface area contributed by atoms with E-state index >= 15 is 0 Å². The first-order chi connectivity index (χ1) is 14.0. The third kappa shape index (κ3) is 20.3. The van der Waals surface area contributed by atoms with E-state index in [0.717, 1.165) is 38.5 Å². The Hall–Kier alpha value is -1.01. The Labute approximate surface area is 182 Å². The van der Waals surface area contributed by atoms with Crippen LogP contribution < -0.4 is 9.79 Å². The number of allylic oxidation sites excluding steroid dienone is 7. The number of rotatable bonds is 16. The molecule has 7 heteroatoms. The van der Waals surface area contributed by atoms with Gasteiger partial charge in [-0.3, -0.25) is 0 Å². The lowest BCUT2D eigenvalue weighted by Gasteiger charge is -2.29. The molecule has 1 N–H and O–H groups in total. The molecular weight excluding hydrogens is 403 g/mol. The maximum absolute atomic E-state index is 10.3. The van der Waals surface area contributed by atoms with Crippen molar-refractivity contribution in [1.82, 2.24) is 0 Å². The zero-order chi connectivity index (χ0) is 23.0. The highest BCUT2D eigenvalue weighted by molar-refractivity contribution is 7.43. The molecule has 0 aromatic heterocycles. The van der Waals surface area contributed by atoms with Crippen molar-refractivity contribution in [2.24, 2.45) is 0 Å². The van der Waals surface area contributed by atoms with Gasteiger partial charge in [0.2, 0.25) is 0 Å². The van der Waals surface area contributed by atoms with Gasteiger partial charge in [0, 0.05) is 0 Å². The third-order valence-electron chi connectivity index (χ3n) is 4.44. The van der Waals surface area contributed by atoms with Crippen LogP contribution in [-0.2, 0) is 13.8 Å². The molecule has 0 amide bonds. The molecule has 0 heterocycles. The highest BCUT2D eigenvalue weighted by Gasteiger charge is 2.05. The molecule has 1 atom stereocenters. The summed E-state index contributed by atoms with van der Waals surface area (Å²) in [5.41, 5.74) is 5.40. The maximum Gasteiger partial charge on any atom is 0.101 e. The second-order valence-electron chi connectivity index (χ2n) is 7.98. The Bertz CT molecular complexity index is 638. The molecular formula is C23H39O6P-2. The van der Waals surface area contributed by atoms with Crippen LogP contribution in [0.5, 0.6) is 0 Å². The minimum Gasteiger partial charge on any atom is -0.790 e. The standard InChI is InChI=1S/C23H41O6P/c1-19(2)9-6-10-20(3)11-7-12-21(4)13-8-14-22(5)15-16-28-17-23(24)18-29-30(25,26)27/h9,11,13,15,23-24H,6-8,10,12,14,16-18H2,1-5H3,(H2,25,26,27)/p-2/b20-11+,21-13+,22-15+/t23-/m0/s1. The Kier molecular flexibility index (Phi) is 16.1. The van der Waals surface area contributed by atoms with E-state index < -0.39 is 20.5 Å². The van der Waals surface area contributed by atoms with E-state index in [0.29, 0.717) is 6.61 Å². The molecule has 0 saturated heterocycles. The van der Waals surface area contributed by atoms with Gasteiger partial charge in [-0.25, -0.2) is 0 Å². The van der Waals surface area contributed by atoms with Crippen molar-refractivity contribution in [1.29, 1.82) is 0 Å². The van der Waals surface area contributed by atoms with Gasteiger partial charge in [-0.2, -0.15) is 0 Å². The lowest BCUT2D eigenvalue weighted by atomic mass is 10.0. The average molecular weight is 443 g/mol. The molecule has 0 spiro atoms. The van der Waals surface area contributed by atoms with E-state index in [-0.39, 0.29) is 6.61 Å².